The molecule has 1 aliphatic heterocycles. The van der Waals surface area contributed by atoms with Crippen molar-refractivity contribution in [1.82, 2.24) is 14.6 Å². The summed E-state index contributed by atoms with van der Waals surface area (Å²) in [5.41, 5.74) is 0.835. The molecule has 1 saturated heterocycles. The van der Waals surface area contributed by atoms with Gasteiger partial charge < -0.3 is 14.1 Å². The van der Waals surface area contributed by atoms with Crippen molar-refractivity contribution >= 4 is 31.8 Å². The maximum atomic E-state index is 13.1. The molecule has 7 nitrogen and oxygen atoms in total. The van der Waals surface area contributed by atoms with E-state index in [1.54, 1.807) is 37.7 Å². The van der Waals surface area contributed by atoms with Gasteiger partial charge in [-0.2, -0.15) is 0 Å². The number of hydrogen-bond donors (Lipinski definition) is 1. The first-order valence-corrected chi connectivity index (χ1v) is 12.6. The number of ether oxygens (including phenoxy) is 1. The summed E-state index contributed by atoms with van der Waals surface area (Å²) in [7, 11) is -1.95. The van der Waals surface area contributed by atoms with Crippen LogP contribution in [0, 0.1) is 0 Å². The van der Waals surface area contributed by atoms with Crippen LogP contribution in [0.4, 0.5) is 0 Å². The number of rotatable bonds is 7. The largest absolute Gasteiger partial charge is 0.497 e. The van der Waals surface area contributed by atoms with Crippen molar-refractivity contribution in [3.8, 4) is 5.75 Å². The molecular formula is C25H27N3O4S. The first-order chi connectivity index (χ1) is 16.0. The second kappa shape index (κ2) is 9.13. The second-order valence-corrected chi connectivity index (χ2v) is 10.1. The average Bonchev–Trinajstić information content (AvgIpc) is 3.25. The Labute approximate surface area is 193 Å². The number of nitrogens with one attached hydrogen (secondary N) is 1. The van der Waals surface area contributed by atoms with Gasteiger partial charge in [0.2, 0.25) is 10.0 Å². The van der Waals surface area contributed by atoms with Crippen LogP contribution in [0.3, 0.4) is 0 Å². The van der Waals surface area contributed by atoms with E-state index < -0.39 is 10.0 Å². The van der Waals surface area contributed by atoms with Crippen molar-refractivity contribution in [3.05, 3.63) is 66.7 Å². The molecule has 0 bridgehead atoms. The Bertz CT molecular complexity index is 1370. The molecule has 4 aromatic rings. The number of piperidine rings is 1. The molecule has 0 spiro atoms. The normalized spacial score (nSPS) is 15.9. The molecule has 8 heteroatoms. The number of likely N-dealkylation sites (tertiary alicyclic amines) is 1. The minimum Gasteiger partial charge on any atom is -0.497 e. The average molecular weight is 466 g/mol. The minimum atomic E-state index is -3.60. The van der Waals surface area contributed by atoms with E-state index in [9.17, 15) is 8.42 Å². The molecule has 2 aromatic carbocycles. The Morgan fingerprint density at radius 3 is 2.79 bits per heavy atom. The molecule has 1 fully saturated rings. The van der Waals surface area contributed by atoms with Crippen LogP contribution in [0.1, 0.15) is 18.6 Å². The number of nitrogens with zero attached hydrogens (tertiary/aromatic N) is 2. The van der Waals surface area contributed by atoms with Gasteiger partial charge in [0.25, 0.3) is 0 Å². The van der Waals surface area contributed by atoms with Crippen LogP contribution >= 0.6 is 0 Å². The lowest BCUT2D eigenvalue weighted by Crippen LogP contribution is -2.45. The van der Waals surface area contributed by atoms with Gasteiger partial charge in [-0.25, -0.2) is 13.1 Å². The molecule has 1 aliphatic rings. The van der Waals surface area contributed by atoms with Crippen LogP contribution in [-0.4, -0.2) is 51.1 Å². The molecule has 5 rings (SSSR count). The van der Waals surface area contributed by atoms with E-state index in [2.05, 4.69) is 20.7 Å². The summed E-state index contributed by atoms with van der Waals surface area (Å²) in [6.07, 6.45) is 5.69. The number of aromatic nitrogens is 1. The predicted octanol–water partition coefficient (Wildman–Crippen LogP) is 3.98. The SMILES string of the molecule is COc1ccc2cc(CCN3CCC(NS(=O)(=O)c4cccc5cnccc45)CC3)oc2c1. The Kier molecular flexibility index (Phi) is 6.05. The topological polar surface area (TPSA) is 84.7 Å². The molecule has 3 heterocycles. The molecule has 0 unspecified atom stereocenters. The molecule has 0 saturated carbocycles. The maximum Gasteiger partial charge on any atom is 0.241 e. The molecule has 33 heavy (non-hydrogen) atoms. The summed E-state index contributed by atoms with van der Waals surface area (Å²) in [4.78, 5) is 6.76. The first-order valence-electron chi connectivity index (χ1n) is 11.2. The van der Waals surface area contributed by atoms with Crippen LogP contribution in [-0.2, 0) is 16.4 Å². The van der Waals surface area contributed by atoms with Crippen molar-refractivity contribution in [2.75, 3.05) is 26.7 Å². The third kappa shape index (κ3) is 4.73. The summed E-state index contributed by atoms with van der Waals surface area (Å²) in [6.45, 7) is 2.58. The van der Waals surface area contributed by atoms with Gasteiger partial charge in [-0.1, -0.05) is 12.1 Å². The number of fused-ring (bicyclic) bond motifs is 2. The molecule has 0 aliphatic carbocycles. The van der Waals surface area contributed by atoms with Crippen molar-refractivity contribution in [1.29, 1.82) is 0 Å². The zero-order valence-corrected chi connectivity index (χ0v) is 19.3. The lowest BCUT2D eigenvalue weighted by molar-refractivity contribution is 0.206. The van der Waals surface area contributed by atoms with E-state index in [0.29, 0.717) is 10.3 Å². The number of furan rings is 1. The molecule has 172 valence electrons. The van der Waals surface area contributed by atoms with Crippen LogP contribution in [0.25, 0.3) is 21.7 Å². The molecule has 2 aromatic heterocycles. The fraction of sp³-hybridized carbons (Fsp3) is 0.320. The van der Waals surface area contributed by atoms with E-state index in [4.69, 9.17) is 9.15 Å². The van der Waals surface area contributed by atoms with Crippen LogP contribution < -0.4 is 9.46 Å². The predicted molar refractivity (Wildman–Crippen MR) is 128 cm³/mol. The number of pyridine rings is 1. The van der Waals surface area contributed by atoms with Crippen molar-refractivity contribution in [3.63, 3.8) is 0 Å². The quantitative estimate of drug-likeness (QED) is 0.445. The second-order valence-electron chi connectivity index (χ2n) is 8.46. The summed E-state index contributed by atoms with van der Waals surface area (Å²) >= 11 is 0. The van der Waals surface area contributed by atoms with Gasteiger partial charge in [-0.3, -0.25) is 4.98 Å². The standard InChI is InChI=1S/C25H27N3O4S/c1-31-21-6-5-18-15-22(32-24(18)16-21)10-14-28-12-8-20(9-13-28)27-33(29,30)25-4-2-3-19-17-26-11-7-23(19)25/h2-7,11,15-17,20,27H,8-10,12-14H2,1H3. The van der Waals surface area contributed by atoms with E-state index in [-0.39, 0.29) is 6.04 Å². The highest BCUT2D eigenvalue weighted by atomic mass is 32.2. The van der Waals surface area contributed by atoms with E-state index in [1.165, 1.54) is 0 Å². The summed E-state index contributed by atoms with van der Waals surface area (Å²) in [6, 6.07) is 14.9. The minimum absolute atomic E-state index is 0.0676. The zero-order chi connectivity index (χ0) is 22.8. The number of hydrogen-bond acceptors (Lipinski definition) is 6. The summed E-state index contributed by atoms with van der Waals surface area (Å²) in [5, 5.41) is 2.59. The first kappa shape index (κ1) is 21.9. The Balaban J connectivity index is 1.17. The lowest BCUT2D eigenvalue weighted by Gasteiger charge is -2.32. The highest BCUT2D eigenvalue weighted by molar-refractivity contribution is 7.89. The van der Waals surface area contributed by atoms with Gasteiger partial charge in [0, 0.05) is 53.6 Å². The molecule has 0 radical (unpaired) electrons. The number of methoxy groups -OCH3 is 1. The molecular weight excluding hydrogens is 438 g/mol. The highest BCUT2D eigenvalue weighted by Crippen LogP contribution is 2.25. The van der Waals surface area contributed by atoms with Crippen LogP contribution in [0.15, 0.2) is 70.2 Å². The number of benzene rings is 2. The van der Waals surface area contributed by atoms with Crippen molar-refractivity contribution < 1.29 is 17.6 Å². The summed E-state index contributed by atoms with van der Waals surface area (Å²) in [5.74, 6) is 1.74. The van der Waals surface area contributed by atoms with Gasteiger partial charge in [0.1, 0.15) is 17.1 Å². The lowest BCUT2D eigenvalue weighted by atomic mass is 10.1. The van der Waals surface area contributed by atoms with E-state index >= 15 is 0 Å². The highest BCUT2D eigenvalue weighted by Gasteiger charge is 2.25. The third-order valence-corrected chi connectivity index (χ3v) is 7.87. The maximum absolute atomic E-state index is 13.1. The Morgan fingerprint density at radius 1 is 1.12 bits per heavy atom. The molecule has 0 atom stereocenters. The third-order valence-electron chi connectivity index (χ3n) is 6.29. The van der Waals surface area contributed by atoms with Gasteiger partial charge in [0.05, 0.1) is 12.0 Å². The Hall–Kier alpha value is -2.94. The van der Waals surface area contributed by atoms with Crippen molar-refractivity contribution in [2.24, 2.45) is 0 Å². The van der Waals surface area contributed by atoms with Gasteiger partial charge in [-0.05, 0) is 56.3 Å². The number of sulfonamides is 1. The summed E-state index contributed by atoms with van der Waals surface area (Å²) < 4.78 is 40.3. The Morgan fingerprint density at radius 2 is 1.97 bits per heavy atom. The van der Waals surface area contributed by atoms with Crippen LogP contribution in [0.2, 0.25) is 0 Å². The monoisotopic (exact) mass is 465 g/mol. The van der Waals surface area contributed by atoms with Gasteiger partial charge in [-0.15, -0.1) is 0 Å². The molecule has 1 N–H and O–H groups in total. The van der Waals surface area contributed by atoms with E-state index in [1.807, 2.05) is 24.3 Å². The van der Waals surface area contributed by atoms with Gasteiger partial charge >= 0.3 is 0 Å². The van der Waals surface area contributed by atoms with Crippen LogP contribution in [0.5, 0.6) is 5.75 Å². The van der Waals surface area contributed by atoms with Crippen molar-refractivity contribution in [2.45, 2.75) is 30.2 Å². The molecule has 0 amide bonds. The smallest absolute Gasteiger partial charge is 0.241 e. The van der Waals surface area contributed by atoms with Gasteiger partial charge in [0.15, 0.2) is 0 Å². The van der Waals surface area contributed by atoms with E-state index in [0.717, 1.165) is 66.8 Å². The fourth-order valence-electron chi connectivity index (χ4n) is 4.47. The fourth-order valence-corrected chi connectivity index (χ4v) is 6.00. The zero-order valence-electron chi connectivity index (χ0n) is 18.5.